The Morgan fingerprint density at radius 3 is 2.17 bits per heavy atom. The molecule has 0 aromatic carbocycles. The van der Waals surface area contributed by atoms with Crippen LogP contribution in [0, 0.1) is 24.7 Å². The van der Waals surface area contributed by atoms with Crippen LogP contribution in [0.25, 0.3) is 0 Å². The first-order valence-corrected chi connectivity index (χ1v) is 8.15. The quantitative estimate of drug-likeness (QED) is 0.712. The molecular weight excluding hydrogens is 242 g/mol. The van der Waals surface area contributed by atoms with Crippen molar-refractivity contribution in [2.24, 2.45) is 17.8 Å². The van der Waals surface area contributed by atoms with Crippen molar-refractivity contribution in [1.29, 1.82) is 0 Å². The van der Waals surface area contributed by atoms with Crippen molar-refractivity contribution in [1.82, 2.24) is 4.58 Å². The summed E-state index contributed by atoms with van der Waals surface area (Å²) >= 11 is 1.77. The van der Waals surface area contributed by atoms with Gasteiger partial charge in [0, 0.05) is 24.6 Å². The second-order valence-electron chi connectivity index (χ2n) is 6.92. The fourth-order valence-corrected chi connectivity index (χ4v) is 5.98. The third kappa shape index (κ3) is 1.56. The lowest BCUT2D eigenvalue weighted by Crippen LogP contribution is -2.59. The fourth-order valence-electron chi connectivity index (χ4n) is 5.14. The molecule has 4 saturated carbocycles. The van der Waals surface area contributed by atoms with Crippen LogP contribution in [0.3, 0.4) is 0 Å². The van der Waals surface area contributed by atoms with Gasteiger partial charge in [-0.1, -0.05) is 0 Å². The van der Waals surface area contributed by atoms with Crippen LogP contribution in [0.5, 0.6) is 0 Å². The van der Waals surface area contributed by atoms with E-state index in [9.17, 15) is 0 Å². The zero-order chi connectivity index (χ0) is 12.3. The van der Waals surface area contributed by atoms with Crippen molar-refractivity contribution >= 4 is 11.3 Å². The smallest absolute Gasteiger partial charge is 0.401 e. The van der Waals surface area contributed by atoms with Crippen LogP contribution in [0.4, 0.5) is 0 Å². The number of nitrogens with zero attached hydrogens (tertiary/aromatic N) is 1. The molecule has 4 aliphatic rings. The molecule has 0 N–H and O–H groups in total. The lowest BCUT2D eigenvalue weighted by molar-refractivity contribution is -0.0297. The molecule has 1 aromatic rings. The third-order valence-electron chi connectivity index (χ3n) is 5.57. The summed E-state index contributed by atoms with van der Waals surface area (Å²) in [6, 6.07) is 0. The number of aryl methyl sites for hydroxylation is 1. The van der Waals surface area contributed by atoms with Crippen molar-refractivity contribution in [2.75, 3.05) is 7.05 Å². The summed E-state index contributed by atoms with van der Waals surface area (Å²) in [5.74, 6) is 4.05. The maximum absolute atomic E-state index is 5.88. The van der Waals surface area contributed by atoms with Crippen LogP contribution < -0.4 is 9.44 Å². The minimum Gasteiger partial charge on any atom is -0.401 e. The second-order valence-corrected chi connectivity index (χ2v) is 7.74. The molecule has 4 aliphatic carbocycles. The Balaban J connectivity index is 1.80. The van der Waals surface area contributed by atoms with E-state index in [0.29, 0.717) is 5.54 Å². The Labute approximate surface area is 112 Å². The number of hydrogen-bond acceptors (Lipinski definition) is 2. The molecule has 2 nitrogen and oxygen atoms in total. The SMILES string of the molecule is Cc1csc(=[N+](C)C23CC4CC(CC(C4)C2)C3)o1. The van der Waals surface area contributed by atoms with E-state index in [1.165, 1.54) is 38.5 Å². The molecule has 0 amide bonds. The van der Waals surface area contributed by atoms with Gasteiger partial charge in [-0.3, -0.25) is 0 Å². The van der Waals surface area contributed by atoms with E-state index < -0.39 is 0 Å². The van der Waals surface area contributed by atoms with E-state index in [2.05, 4.69) is 17.0 Å². The monoisotopic (exact) mass is 264 g/mol. The van der Waals surface area contributed by atoms with E-state index in [-0.39, 0.29) is 0 Å². The van der Waals surface area contributed by atoms with Crippen molar-refractivity contribution in [3.05, 3.63) is 16.0 Å². The summed E-state index contributed by atoms with van der Waals surface area (Å²) in [7, 11) is 2.27. The highest BCUT2D eigenvalue weighted by molar-refractivity contribution is 7.06. The van der Waals surface area contributed by atoms with Gasteiger partial charge in [0.25, 0.3) is 0 Å². The Morgan fingerprint density at radius 1 is 1.17 bits per heavy atom. The minimum absolute atomic E-state index is 0.426. The topological polar surface area (TPSA) is 16.1 Å². The molecule has 18 heavy (non-hydrogen) atoms. The van der Waals surface area contributed by atoms with Gasteiger partial charge in [-0.2, -0.15) is 4.58 Å². The van der Waals surface area contributed by atoms with Crippen molar-refractivity contribution in [3.63, 3.8) is 0 Å². The Hall–Kier alpha value is -0.570. The minimum atomic E-state index is 0.426. The summed E-state index contributed by atoms with van der Waals surface area (Å²) in [6.07, 6.45) is 8.74. The summed E-state index contributed by atoms with van der Waals surface area (Å²) in [5.41, 5.74) is 0.426. The molecule has 5 rings (SSSR count). The molecule has 0 aliphatic heterocycles. The van der Waals surface area contributed by atoms with Gasteiger partial charge < -0.3 is 4.42 Å². The highest BCUT2D eigenvalue weighted by atomic mass is 32.1. The molecule has 1 heterocycles. The fraction of sp³-hybridized carbons (Fsp3) is 0.800. The molecule has 0 radical (unpaired) electrons. The molecule has 4 fully saturated rings. The van der Waals surface area contributed by atoms with Crippen molar-refractivity contribution < 1.29 is 4.42 Å². The highest BCUT2D eigenvalue weighted by Gasteiger charge is 2.56. The molecular formula is C15H22NOS+. The summed E-state index contributed by atoms with van der Waals surface area (Å²) < 4.78 is 8.37. The average molecular weight is 264 g/mol. The lowest BCUT2D eigenvalue weighted by atomic mass is 9.53. The molecule has 0 atom stereocenters. The van der Waals surface area contributed by atoms with E-state index in [1.54, 1.807) is 11.3 Å². The zero-order valence-corrected chi connectivity index (χ0v) is 12.1. The largest absolute Gasteiger partial charge is 0.430 e. The van der Waals surface area contributed by atoms with Crippen LogP contribution in [-0.4, -0.2) is 12.6 Å². The summed E-state index contributed by atoms with van der Waals surface area (Å²) in [5, 5.41) is 2.13. The van der Waals surface area contributed by atoms with E-state index in [0.717, 1.165) is 28.4 Å². The van der Waals surface area contributed by atoms with Crippen LogP contribution in [-0.2, 0) is 0 Å². The van der Waals surface area contributed by atoms with Crippen LogP contribution in [0.15, 0.2) is 9.80 Å². The molecule has 0 unspecified atom stereocenters. The van der Waals surface area contributed by atoms with Gasteiger partial charge >= 0.3 is 4.87 Å². The molecule has 98 valence electrons. The standard InChI is InChI=1S/C15H22NOS/c1-10-9-18-14(17-10)16(2)15-6-11-3-12(7-15)5-13(4-11)8-15/h9,11-13H,3-8H2,1-2H3/q+1. The Kier molecular flexibility index (Phi) is 2.33. The predicted molar refractivity (Wildman–Crippen MR) is 73.4 cm³/mol. The average Bonchev–Trinajstić information content (AvgIpc) is 2.73. The molecule has 3 heteroatoms. The van der Waals surface area contributed by atoms with Gasteiger partial charge in [-0.25, -0.2) is 0 Å². The Morgan fingerprint density at radius 2 is 1.72 bits per heavy atom. The van der Waals surface area contributed by atoms with Crippen molar-refractivity contribution in [2.45, 2.75) is 51.0 Å². The van der Waals surface area contributed by atoms with Crippen molar-refractivity contribution in [3.8, 4) is 0 Å². The molecule has 4 bridgehead atoms. The Bertz CT molecular complexity index is 503. The normalized spacial score (nSPS) is 43.3. The second kappa shape index (κ2) is 3.72. The summed E-state index contributed by atoms with van der Waals surface area (Å²) in [4.78, 5) is 1.12. The van der Waals surface area contributed by atoms with E-state index >= 15 is 0 Å². The number of hydrogen-bond donors (Lipinski definition) is 0. The van der Waals surface area contributed by atoms with Gasteiger partial charge in [-0.05, 0) is 55.3 Å². The first kappa shape index (κ1) is 11.3. The van der Waals surface area contributed by atoms with E-state index in [1.807, 2.05) is 6.92 Å². The summed E-state index contributed by atoms with van der Waals surface area (Å²) in [6.45, 7) is 2.05. The van der Waals surface area contributed by atoms with Gasteiger partial charge in [0.2, 0.25) is 0 Å². The van der Waals surface area contributed by atoms with Gasteiger partial charge in [0.15, 0.2) is 5.54 Å². The van der Waals surface area contributed by atoms with Gasteiger partial charge in [-0.15, -0.1) is 0 Å². The molecule has 0 saturated heterocycles. The van der Waals surface area contributed by atoms with Crippen LogP contribution in [0.2, 0.25) is 0 Å². The highest BCUT2D eigenvalue weighted by Crippen LogP contribution is 2.56. The first-order chi connectivity index (χ1) is 8.64. The van der Waals surface area contributed by atoms with Crippen LogP contribution >= 0.6 is 11.3 Å². The zero-order valence-electron chi connectivity index (χ0n) is 11.3. The van der Waals surface area contributed by atoms with E-state index in [4.69, 9.17) is 4.42 Å². The van der Waals surface area contributed by atoms with Gasteiger partial charge in [0.05, 0.1) is 0 Å². The number of rotatable bonds is 1. The maximum atomic E-state index is 5.88. The van der Waals surface area contributed by atoms with Crippen LogP contribution in [0.1, 0.15) is 44.3 Å². The maximum Gasteiger partial charge on any atom is 0.430 e. The lowest BCUT2D eigenvalue weighted by Gasteiger charge is -2.53. The predicted octanol–water partition coefficient (Wildman–Crippen LogP) is 3.02. The molecule has 1 aromatic heterocycles. The third-order valence-corrected chi connectivity index (χ3v) is 6.57. The first-order valence-electron chi connectivity index (χ1n) is 7.27. The molecule has 0 spiro atoms. The van der Waals surface area contributed by atoms with Gasteiger partial charge in [0.1, 0.15) is 12.8 Å².